The zero-order valence-electron chi connectivity index (χ0n) is 21.3. The first-order valence-electron chi connectivity index (χ1n) is 12.8. The van der Waals surface area contributed by atoms with Crippen molar-refractivity contribution < 1.29 is 14.3 Å². The van der Waals surface area contributed by atoms with Crippen molar-refractivity contribution in [1.82, 2.24) is 10.2 Å². The van der Waals surface area contributed by atoms with Crippen LogP contribution in [0.4, 0.5) is 0 Å². The van der Waals surface area contributed by atoms with E-state index in [2.05, 4.69) is 5.32 Å². The topological polar surface area (TPSA) is 58.6 Å². The van der Waals surface area contributed by atoms with E-state index in [0.717, 1.165) is 42.4 Å². The van der Waals surface area contributed by atoms with Gasteiger partial charge in [-0.25, -0.2) is 0 Å². The lowest BCUT2D eigenvalue weighted by atomic mass is 10.0. The highest BCUT2D eigenvalue weighted by molar-refractivity contribution is 6.42. The molecule has 3 aromatic rings. The molecule has 1 atom stereocenters. The van der Waals surface area contributed by atoms with Gasteiger partial charge in [-0.2, -0.15) is 0 Å². The van der Waals surface area contributed by atoms with Gasteiger partial charge in [0.2, 0.25) is 5.91 Å². The molecule has 1 aliphatic rings. The monoisotopic (exact) mass is 572 g/mol. The first-order chi connectivity index (χ1) is 18.3. The van der Waals surface area contributed by atoms with Crippen LogP contribution in [0.1, 0.15) is 42.4 Å². The fourth-order valence-corrected chi connectivity index (χ4v) is 5.13. The van der Waals surface area contributed by atoms with Crippen molar-refractivity contribution in [3.8, 4) is 5.75 Å². The summed E-state index contributed by atoms with van der Waals surface area (Å²) < 4.78 is 5.85. The molecule has 0 spiro atoms. The highest BCUT2D eigenvalue weighted by Crippen LogP contribution is 2.26. The summed E-state index contributed by atoms with van der Waals surface area (Å²) in [4.78, 5) is 29.0. The molecule has 0 aromatic heterocycles. The Kier molecular flexibility index (Phi) is 9.95. The van der Waals surface area contributed by atoms with Gasteiger partial charge in [-0.1, -0.05) is 84.0 Å². The Morgan fingerprint density at radius 3 is 2.32 bits per heavy atom. The van der Waals surface area contributed by atoms with E-state index in [-0.39, 0.29) is 31.0 Å². The number of hydrogen-bond acceptors (Lipinski definition) is 3. The van der Waals surface area contributed by atoms with Crippen LogP contribution in [0.5, 0.6) is 5.75 Å². The molecular formula is C30H31Cl3N2O3. The molecule has 5 nitrogen and oxygen atoms in total. The van der Waals surface area contributed by atoms with Crippen molar-refractivity contribution in [2.24, 2.45) is 0 Å². The minimum absolute atomic E-state index is 0.121. The second-order valence-electron chi connectivity index (χ2n) is 9.67. The van der Waals surface area contributed by atoms with Crippen molar-refractivity contribution >= 4 is 46.6 Å². The molecule has 8 heteroatoms. The summed E-state index contributed by atoms with van der Waals surface area (Å²) in [7, 11) is 0. The van der Waals surface area contributed by atoms with Gasteiger partial charge < -0.3 is 15.0 Å². The van der Waals surface area contributed by atoms with Crippen molar-refractivity contribution in [3.05, 3.63) is 98.5 Å². The maximum absolute atomic E-state index is 13.7. The van der Waals surface area contributed by atoms with Crippen molar-refractivity contribution in [2.75, 3.05) is 6.61 Å². The summed E-state index contributed by atoms with van der Waals surface area (Å²) >= 11 is 18.5. The van der Waals surface area contributed by atoms with E-state index in [9.17, 15) is 9.59 Å². The van der Waals surface area contributed by atoms with Crippen LogP contribution in [-0.4, -0.2) is 35.4 Å². The second-order valence-corrected chi connectivity index (χ2v) is 10.9. The Labute approximate surface area is 239 Å². The van der Waals surface area contributed by atoms with Crippen molar-refractivity contribution in [3.63, 3.8) is 0 Å². The molecule has 0 bridgehead atoms. The van der Waals surface area contributed by atoms with Gasteiger partial charge in [-0.05, 0) is 66.8 Å². The number of ether oxygens (including phenoxy) is 1. The Balaban J connectivity index is 1.63. The van der Waals surface area contributed by atoms with Gasteiger partial charge >= 0.3 is 0 Å². The Hall–Kier alpha value is -2.73. The molecule has 1 fully saturated rings. The molecule has 2 amide bonds. The zero-order chi connectivity index (χ0) is 27.1. The standard InChI is InChI=1S/C30H31Cl3N2O3/c1-20-15-24(12-14-25(20)31)38-19-29(36)35(18-22-11-13-26(32)27(33)16-22)28(17-21-7-3-2-4-8-21)30(37)34-23-9-5-6-10-23/h2-4,7-8,11-16,23,28H,5-6,9-10,17-19H2,1H3,(H,34,37)/t28-/m1/s1. The molecule has 0 saturated heterocycles. The maximum Gasteiger partial charge on any atom is 0.261 e. The molecule has 1 N–H and O–H groups in total. The number of nitrogens with one attached hydrogen (secondary N) is 1. The first-order valence-corrected chi connectivity index (χ1v) is 13.9. The van der Waals surface area contributed by atoms with Gasteiger partial charge in [0, 0.05) is 24.0 Å². The van der Waals surface area contributed by atoms with Gasteiger partial charge in [0.1, 0.15) is 11.8 Å². The van der Waals surface area contributed by atoms with E-state index >= 15 is 0 Å². The lowest BCUT2D eigenvalue weighted by Crippen LogP contribution is -2.53. The number of rotatable bonds is 10. The minimum Gasteiger partial charge on any atom is -0.484 e. The predicted molar refractivity (Wildman–Crippen MR) is 153 cm³/mol. The smallest absolute Gasteiger partial charge is 0.261 e. The van der Waals surface area contributed by atoms with Crippen LogP contribution < -0.4 is 10.1 Å². The molecule has 3 aromatic carbocycles. The van der Waals surface area contributed by atoms with Crippen LogP contribution in [0, 0.1) is 6.92 Å². The van der Waals surface area contributed by atoms with Gasteiger partial charge in [0.25, 0.3) is 5.91 Å². The molecule has 38 heavy (non-hydrogen) atoms. The number of benzene rings is 3. The number of carbonyl (C=O) groups is 2. The molecule has 200 valence electrons. The average molecular weight is 574 g/mol. The van der Waals surface area contributed by atoms with Crippen LogP contribution in [-0.2, 0) is 22.6 Å². The van der Waals surface area contributed by atoms with E-state index in [1.807, 2.05) is 43.3 Å². The fraction of sp³-hybridized carbons (Fsp3) is 0.333. The first kappa shape index (κ1) is 28.3. The van der Waals surface area contributed by atoms with E-state index in [0.29, 0.717) is 27.2 Å². The molecule has 0 heterocycles. The lowest BCUT2D eigenvalue weighted by molar-refractivity contribution is -0.143. The van der Waals surface area contributed by atoms with Gasteiger partial charge in [0.15, 0.2) is 6.61 Å². The third kappa shape index (κ3) is 7.66. The lowest BCUT2D eigenvalue weighted by Gasteiger charge is -2.32. The van der Waals surface area contributed by atoms with E-state index < -0.39 is 6.04 Å². The normalized spacial score (nSPS) is 14.2. The SMILES string of the molecule is Cc1cc(OCC(=O)N(Cc2ccc(Cl)c(Cl)c2)[C@H](Cc2ccccc2)C(=O)NC2CCCC2)ccc1Cl. The zero-order valence-corrected chi connectivity index (χ0v) is 23.5. The van der Waals surface area contributed by atoms with Crippen LogP contribution in [0.15, 0.2) is 66.7 Å². The predicted octanol–water partition coefficient (Wildman–Crippen LogP) is 7.03. The number of hydrogen-bond donors (Lipinski definition) is 1. The quantitative estimate of drug-likeness (QED) is 0.283. The summed E-state index contributed by atoms with van der Waals surface area (Å²) in [5.41, 5.74) is 2.57. The van der Waals surface area contributed by atoms with E-state index in [1.54, 1.807) is 35.2 Å². The maximum atomic E-state index is 13.7. The Morgan fingerprint density at radius 1 is 0.921 bits per heavy atom. The van der Waals surface area contributed by atoms with Crippen LogP contribution in [0.3, 0.4) is 0 Å². The van der Waals surface area contributed by atoms with Crippen molar-refractivity contribution in [1.29, 1.82) is 0 Å². The molecule has 4 rings (SSSR count). The summed E-state index contributed by atoms with van der Waals surface area (Å²) in [5.74, 6) is 0.0485. The molecular weight excluding hydrogens is 543 g/mol. The Morgan fingerprint density at radius 2 is 1.63 bits per heavy atom. The van der Waals surface area contributed by atoms with E-state index in [4.69, 9.17) is 39.5 Å². The average Bonchev–Trinajstić information content (AvgIpc) is 3.42. The van der Waals surface area contributed by atoms with Gasteiger partial charge in [0.05, 0.1) is 10.0 Å². The molecule has 1 aliphatic carbocycles. The van der Waals surface area contributed by atoms with Gasteiger partial charge in [-0.3, -0.25) is 9.59 Å². The van der Waals surface area contributed by atoms with E-state index in [1.165, 1.54) is 0 Å². The number of nitrogens with zero attached hydrogens (tertiary/aromatic N) is 1. The fourth-order valence-electron chi connectivity index (χ4n) is 4.69. The Bertz CT molecular complexity index is 1260. The highest BCUT2D eigenvalue weighted by atomic mass is 35.5. The summed E-state index contributed by atoms with van der Waals surface area (Å²) in [5, 5.41) is 4.63. The van der Waals surface area contributed by atoms with Crippen LogP contribution in [0.25, 0.3) is 0 Å². The molecule has 0 radical (unpaired) electrons. The van der Waals surface area contributed by atoms with Crippen LogP contribution in [0.2, 0.25) is 15.1 Å². The number of aryl methyl sites for hydroxylation is 1. The highest BCUT2D eigenvalue weighted by Gasteiger charge is 2.32. The van der Waals surface area contributed by atoms with Gasteiger partial charge in [-0.15, -0.1) is 0 Å². The summed E-state index contributed by atoms with van der Waals surface area (Å²) in [6.07, 6.45) is 4.45. The van der Waals surface area contributed by atoms with Crippen molar-refractivity contribution in [2.45, 2.75) is 57.7 Å². The summed E-state index contributed by atoms with van der Waals surface area (Å²) in [6, 6.07) is 19.6. The largest absolute Gasteiger partial charge is 0.484 e. The number of halogens is 3. The number of amides is 2. The third-order valence-electron chi connectivity index (χ3n) is 6.80. The molecule has 1 saturated carbocycles. The molecule has 0 aliphatic heterocycles. The number of carbonyl (C=O) groups excluding carboxylic acids is 2. The second kappa shape index (κ2) is 13.4. The molecule has 0 unspecified atom stereocenters. The summed E-state index contributed by atoms with van der Waals surface area (Å²) in [6.45, 7) is 1.82. The van der Waals surface area contributed by atoms with Crippen LogP contribution >= 0.6 is 34.8 Å². The third-order valence-corrected chi connectivity index (χ3v) is 7.96. The minimum atomic E-state index is -0.740.